The van der Waals surface area contributed by atoms with Gasteiger partial charge >= 0.3 is 6.18 Å². The molecule has 1 aromatic carbocycles. The zero-order chi connectivity index (χ0) is 13.1. The zero-order valence-electron chi connectivity index (χ0n) is 9.01. The van der Waals surface area contributed by atoms with Crippen LogP contribution in [-0.2, 0) is 4.79 Å². The Hall–Kier alpha value is -1.23. The molecule has 0 unspecified atom stereocenters. The van der Waals surface area contributed by atoms with Crippen LogP contribution in [0.4, 0.5) is 13.2 Å². The first-order valence-electron chi connectivity index (χ1n) is 4.87. The van der Waals surface area contributed by atoms with Crippen molar-refractivity contribution >= 4 is 17.5 Å². The molecule has 0 bridgehead atoms. The largest absolute Gasteiger partial charge is 0.391 e. The number of hydrogen-bond acceptors (Lipinski definition) is 1. The van der Waals surface area contributed by atoms with Gasteiger partial charge in [0.15, 0.2) is 0 Å². The number of carbonyl (C=O) groups excluding carboxylic acids is 1. The van der Waals surface area contributed by atoms with E-state index in [4.69, 9.17) is 11.6 Å². The summed E-state index contributed by atoms with van der Waals surface area (Å²) in [6.45, 7) is 1.18. The second kappa shape index (κ2) is 5.40. The molecule has 6 heteroatoms. The SMILES string of the molecule is CC(=O)N[C@H](CC(F)(F)F)c1ccc(Cl)cc1. The van der Waals surface area contributed by atoms with E-state index in [-0.39, 0.29) is 0 Å². The fourth-order valence-electron chi connectivity index (χ4n) is 1.42. The highest BCUT2D eigenvalue weighted by Crippen LogP contribution is 2.29. The first-order valence-corrected chi connectivity index (χ1v) is 5.25. The number of hydrogen-bond donors (Lipinski definition) is 1. The molecule has 0 saturated heterocycles. The van der Waals surface area contributed by atoms with Gasteiger partial charge in [0.25, 0.3) is 0 Å². The first kappa shape index (κ1) is 13.8. The normalized spacial score (nSPS) is 13.2. The third-order valence-electron chi connectivity index (χ3n) is 2.09. The number of rotatable bonds is 3. The molecule has 1 N–H and O–H groups in total. The van der Waals surface area contributed by atoms with Crippen LogP contribution in [0.1, 0.15) is 24.9 Å². The van der Waals surface area contributed by atoms with Crippen LogP contribution in [0.5, 0.6) is 0 Å². The highest BCUT2D eigenvalue weighted by Gasteiger charge is 2.33. The predicted octanol–water partition coefficient (Wildman–Crippen LogP) is 3.47. The van der Waals surface area contributed by atoms with Gasteiger partial charge in [0.05, 0.1) is 12.5 Å². The van der Waals surface area contributed by atoms with Crippen molar-refractivity contribution < 1.29 is 18.0 Å². The Labute approximate surface area is 102 Å². The van der Waals surface area contributed by atoms with E-state index in [0.717, 1.165) is 0 Å². The summed E-state index contributed by atoms with van der Waals surface area (Å²) in [5.41, 5.74) is 0.377. The van der Waals surface area contributed by atoms with E-state index in [9.17, 15) is 18.0 Å². The summed E-state index contributed by atoms with van der Waals surface area (Å²) in [6, 6.07) is 4.83. The molecule has 1 atom stereocenters. The summed E-state index contributed by atoms with van der Waals surface area (Å²) in [5.74, 6) is -0.505. The van der Waals surface area contributed by atoms with Gasteiger partial charge in [-0.25, -0.2) is 0 Å². The van der Waals surface area contributed by atoms with Gasteiger partial charge in [-0.3, -0.25) is 4.79 Å². The lowest BCUT2D eigenvalue weighted by Crippen LogP contribution is -2.30. The average Bonchev–Trinajstić information content (AvgIpc) is 2.14. The van der Waals surface area contributed by atoms with Crippen LogP contribution in [0.15, 0.2) is 24.3 Å². The fraction of sp³-hybridized carbons (Fsp3) is 0.364. The van der Waals surface area contributed by atoms with E-state index >= 15 is 0 Å². The molecule has 0 heterocycles. The van der Waals surface area contributed by atoms with Crippen LogP contribution in [0, 0.1) is 0 Å². The Morgan fingerprint density at radius 2 is 1.88 bits per heavy atom. The zero-order valence-corrected chi connectivity index (χ0v) is 9.77. The standard InChI is InChI=1S/C11H11ClF3NO/c1-7(17)16-10(6-11(13,14)15)8-2-4-9(12)5-3-8/h2-5,10H,6H2,1H3,(H,16,17)/t10-/m1/s1. The Morgan fingerprint density at radius 3 is 2.29 bits per heavy atom. The van der Waals surface area contributed by atoms with Crippen LogP contribution < -0.4 is 5.32 Å². The molecule has 0 spiro atoms. The van der Waals surface area contributed by atoms with E-state index in [1.165, 1.54) is 31.2 Å². The highest BCUT2D eigenvalue weighted by atomic mass is 35.5. The van der Waals surface area contributed by atoms with Crippen molar-refractivity contribution in [2.24, 2.45) is 0 Å². The lowest BCUT2D eigenvalue weighted by molar-refractivity contribution is -0.142. The summed E-state index contributed by atoms with van der Waals surface area (Å²) < 4.78 is 37.0. The van der Waals surface area contributed by atoms with E-state index < -0.39 is 24.5 Å². The van der Waals surface area contributed by atoms with Gasteiger partial charge in [-0.2, -0.15) is 13.2 Å². The van der Waals surface area contributed by atoms with Gasteiger partial charge in [-0.1, -0.05) is 23.7 Å². The van der Waals surface area contributed by atoms with Gasteiger partial charge < -0.3 is 5.32 Å². The number of alkyl halides is 3. The van der Waals surface area contributed by atoms with Crippen molar-refractivity contribution in [3.63, 3.8) is 0 Å². The fourth-order valence-corrected chi connectivity index (χ4v) is 1.55. The first-order chi connectivity index (χ1) is 7.78. The molecule has 1 aromatic rings. The molecule has 17 heavy (non-hydrogen) atoms. The van der Waals surface area contributed by atoms with E-state index in [2.05, 4.69) is 5.32 Å². The van der Waals surface area contributed by atoms with Crippen molar-refractivity contribution in [3.8, 4) is 0 Å². The van der Waals surface area contributed by atoms with Crippen molar-refractivity contribution in [2.75, 3.05) is 0 Å². The van der Waals surface area contributed by atoms with Crippen LogP contribution >= 0.6 is 11.6 Å². The quantitative estimate of drug-likeness (QED) is 0.891. The predicted molar refractivity (Wildman–Crippen MR) is 58.7 cm³/mol. The molecule has 1 amide bonds. The highest BCUT2D eigenvalue weighted by molar-refractivity contribution is 6.30. The van der Waals surface area contributed by atoms with E-state index in [1.54, 1.807) is 0 Å². The second-order valence-corrected chi connectivity index (χ2v) is 4.06. The lowest BCUT2D eigenvalue weighted by Gasteiger charge is -2.19. The number of benzene rings is 1. The molecule has 1 rings (SSSR count). The molecule has 0 aliphatic carbocycles. The van der Waals surface area contributed by atoms with Gasteiger partial charge in [0.2, 0.25) is 5.91 Å². The smallest absolute Gasteiger partial charge is 0.349 e. The monoisotopic (exact) mass is 265 g/mol. The van der Waals surface area contributed by atoms with E-state index in [0.29, 0.717) is 10.6 Å². The van der Waals surface area contributed by atoms with Crippen LogP contribution in [0.25, 0.3) is 0 Å². The molecule has 94 valence electrons. The topological polar surface area (TPSA) is 29.1 Å². The van der Waals surface area contributed by atoms with E-state index in [1.807, 2.05) is 0 Å². The van der Waals surface area contributed by atoms with Gasteiger partial charge in [0, 0.05) is 11.9 Å². The van der Waals surface area contributed by atoms with Crippen LogP contribution in [-0.4, -0.2) is 12.1 Å². The molecular formula is C11H11ClF3NO. The summed E-state index contributed by atoms with van der Waals surface area (Å²) >= 11 is 5.65. The van der Waals surface area contributed by atoms with Crippen molar-refractivity contribution in [1.82, 2.24) is 5.32 Å². The van der Waals surface area contributed by atoms with Gasteiger partial charge in [-0.05, 0) is 17.7 Å². The second-order valence-electron chi connectivity index (χ2n) is 3.62. The third kappa shape index (κ3) is 5.08. The molecule has 0 aliphatic rings. The molecule has 2 nitrogen and oxygen atoms in total. The maximum Gasteiger partial charge on any atom is 0.391 e. The maximum absolute atomic E-state index is 12.3. The minimum atomic E-state index is -4.34. The van der Waals surface area contributed by atoms with Crippen LogP contribution in [0.2, 0.25) is 5.02 Å². The molecule has 0 saturated carbocycles. The third-order valence-corrected chi connectivity index (χ3v) is 2.34. The molecule has 0 radical (unpaired) electrons. The molecule has 0 aromatic heterocycles. The lowest BCUT2D eigenvalue weighted by atomic mass is 10.0. The summed E-state index contributed by atoms with van der Waals surface area (Å²) in [4.78, 5) is 10.9. The minimum absolute atomic E-state index is 0.377. The summed E-state index contributed by atoms with van der Waals surface area (Å²) in [5, 5.41) is 2.70. The average molecular weight is 266 g/mol. The van der Waals surface area contributed by atoms with Crippen molar-refractivity contribution in [2.45, 2.75) is 25.6 Å². The maximum atomic E-state index is 12.3. The Balaban J connectivity index is 2.89. The Bertz CT molecular complexity index is 389. The number of nitrogens with one attached hydrogen (secondary N) is 1. The number of carbonyl (C=O) groups is 1. The Morgan fingerprint density at radius 1 is 1.35 bits per heavy atom. The van der Waals surface area contributed by atoms with Crippen molar-refractivity contribution in [3.05, 3.63) is 34.9 Å². The number of amides is 1. The Kier molecular flexibility index (Phi) is 4.40. The molecule has 0 fully saturated rings. The van der Waals surface area contributed by atoms with Gasteiger partial charge in [0.1, 0.15) is 0 Å². The van der Waals surface area contributed by atoms with Gasteiger partial charge in [-0.15, -0.1) is 0 Å². The van der Waals surface area contributed by atoms with Crippen LogP contribution in [0.3, 0.4) is 0 Å². The molecule has 0 aliphatic heterocycles. The summed E-state index contributed by atoms with van der Waals surface area (Å²) in [6.07, 6.45) is -5.44. The number of halogens is 4. The summed E-state index contributed by atoms with van der Waals surface area (Å²) in [7, 11) is 0. The van der Waals surface area contributed by atoms with Crippen molar-refractivity contribution in [1.29, 1.82) is 0 Å². The molecular weight excluding hydrogens is 255 g/mol. The minimum Gasteiger partial charge on any atom is -0.349 e.